The first-order valence-corrected chi connectivity index (χ1v) is 4.54. The molecular weight excluding hydrogens is 224 g/mol. The van der Waals surface area contributed by atoms with Crippen LogP contribution in [0.5, 0.6) is 0 Å². The van der Waals surface area contributed by atoms with E-state index in [2.05, 4.69) is 0 Å². The summed E-state index contributed by atoms with van der Waals surface area (Å²) in [5, 5.41) is 0. The van der Waals surface area contributed by atoms with Crippen LogP contribution in [0.15, 0.2) is 6.07 Å². The van der Waals surface area contributed by atoms with Gasteiger partial charge in [0.05, 0.1) is 5.56 Å². The third-order valence-corrected chi connectivity index (χ3v) is 2.02. The average Bonchev–Trinajstić information content (AvgIpc) is 2.13. The van der Waals surface area contributed by atoms with Crippen LogP contribution in [0.3, 0.4) is 0 Å². The monoisotopic (exact) mass is 234 g/mol. The molecule has 1 rings (SSSR count). The first kappa shape index (κ1) is 12.7. The summed E-state index contributed by atoms with van der Waals surface area (Å²) in [5.41, 5.74) is -2.29. The maximum atomic E-state index is 13.2. The fraction of sp³-hybridized carbons (Fsp3) is 0.364. The summed E-state index contributed by atoms with van der Waals surface area (Å²) in [6.45, 7) is 4.20. The third-order valence-electron chi connectivity index (χ3n) is 2.02. The summed E-state index contributed by atoms with van der Waals surface area (Å²) >= 11 is 0. The van der Waals surface area contributed by atoms with Crippen LogP contribution in [0.25, 0.3) is 0 Å². The second kappa shape index (κ2) is 3.88. The number of benzene rings is 1. The Hall–Kier alpha value is -1.39. The summed E-state index contributed by atoms with van der Waals surface area (Å²) < 4.78 is 52.1. The largest absolute Gasteiger partial charge is 0.293 e. The summed E-state index contributed by atoms with van der Waals surface area (Å²) in [6.07, 6.45) is 0. The van der Waals surface area contributed by atoms with Gasteiger partial charge in [-0.25, -0.2) is 17.6 Å². The van der Waals surface area contributed by atoms with Crippen molar-refractivity contribution in [2.75, 3.05) is 0 Å². The van der Waals surface area contributed by atoms with Gasteiger partial charge in [0.15, 0.2) is 29.1 Å². The van der Waals surface area contributed by atoms with Crippen molar-refractivity contribution >= 4 is 5.78 Å². The lowest BCUT2D eigenvalue weighted by Gasteiger charge is -2.17. The molecule has 0 N–H and O–H groups in total. The molecule has 0 aliphatic heterocycles. The van der Waals surface area contributed by atoms with Gasteiger partial charge in [-0.1, -0.05) is 20.8 Å². The van der Waals surface area contributed by atoms with Crippen LogP contribution in [-0.4, -0.2) is 5.78 Å². The molecule has 88 valence electrons. The average molecular weight is 234 g/mol. The maximum absolute atomic E-state index is 13.2. The van der Waals surface area contributed by atoms with E-state index < -0.39 is 40.0 Å². The Balaban J connectivity index is 3.50. The number of carbonyl (C=O) groups excluding carboxylic acids is 1. The van der Waals surface area contributed by atoms with Crippen molar-refractivity contribution in [2.45, 2.75) is 20.8 Å². The number of hydrogen-bond acceptors (Lipinski definition) is 1. The third kappa shape index (κ3) is 2.08. The molecule has 0 unspecified atom stereocenters. The SMILES string of the molecule is CC(C)(C)C(=O)c1c(F)c(F)cc(F)c1F. The van der Waals surface area contributed by atoms with Crippen LogP contribution >= 0.6 is 0 Å². The highest BCUT2D eigenvalue weighted by Crippen LogP contribution is 2.27. The topological polar surface area (TPSA) is 17.1 Å². The van der Waals surface area contributed by atoms with E-state index in [4.69, 9.17) is 0 Å². The molecular formula is C11H10F4O. The standard InChI is InChI=1S/C11H10F4O/c1-11(2,3)10(16)7-8(14)5(12)4-6(13)9(7)15/h4H,1-3H3. The number of Topliss-reactive ketones (excluding diaryl/α,β-unsaturated/α-hetero) is 1. The minimum Gasteiger partial charge on any atom is -0.293 e. The van der Waals surface area contributed by atoms with Crippen LogP contribution in [0.4, 0.5) is 17.6 Å². The smallest absolute Gasteiger partial charge is 0.174 e. The molecule has 1 aromatic rings. The lowest BCUT2D eigenvalue weighted by Crippen LogP contribution is -2.24. The zero-order valence-corrected chi connectivity index (χ0v) is 9.00. The molecule has 0 aliphatic rings. The molecule has 0 spiro atoms. The highest BCUT2D eigenvalue weighted by Gasteiger charge is 2.31. The Bertz CT molecular complexity index is 420. The fourth-order valence-corrected chi connectivity index (χ4v) is 1.15. The van der Waals surface area contributed by atoms with Gasteiger partial charge in [0.25, 0.3) is 0 Å². The molecule has 1 aromatic carbocycles. The van der Waals surface area contributed by atoms with Gasteiger partial charge < -0.3 is 0 Å². The van der Waals surface area contributed by atoms with E-state index >= 15 is 0 Å². The second-order valence-corrected chi connectivity index (χ2v) is 4.42. The van der Waals surface area contributed by atoms with Crippen LogP contribution in [0.2, 0.25) is 0 Å². The Kier molecular flexibility index (Phi) is 3.08. The molecule has 0 saturated heterocycles. The van der Waals surface area contributed by atoms with Crippen LogP contribution in [-0.2, 0) is 0 Å². The predicted molar refractivity (Wildman–Crippen MR) is 50.1 cm³/mol. The molecule has 0 aromatic heterocycles. The molecule has 16 heavy (non-hydrogen) atoms. The van der Waals surface area contributed by atoms with Crippen molar-refractivity contribution in [1.29, 1.82) is 0 Å². The maximum Gasteiger partial charge on any atom is 0.174 e. The van der Waals surface area contributed by atoms with E-state index in [-0.39, 0.29) is 6.07 Å². The first-order valence-electron chi connectivity index (χ1n) is 4.54. The first-order chi connectivity index (χ1) is 7.16. The molecule has 0 saturated carbocycles. The van der Waals surface area contributed by atoms with Gasteiger partial charge in [-0.15, -0.1) is 0 Å². The van der Waals surface area contributed by atoms with Gasteiger partial charge in [-0.2, -0.15) is 0 Å². The summed E-state index contributed by atoms with van der Waals surface area (Å²) in [4.78, 5) is 11.6. The van der Waals surface area contributed by atoms with Crippen molar-refractivity contribution in [3.05, 3.63) is 34.9 Å². The zero-order valence-electron chi connectivity index (χ0n) is 9.00. The van der Waals surface area contributed by atoms with Crippen molar-refractivity contribution in [2.24, 2.45) is 5.41 Å². The van der Waals surface area contributed by atoms with Gasteiger partial charge in [-0.3, -0.25) is 4.79 Å². The summed E-state index contributed by atoms with van der Waals surface area (Å²) in [5.74, 6) is -7.45. The molecule has 0 heterocycles. The van der Waals surface area contributed by atoms with E-state index in [1.54, 1.807) is 0 Å². The molecule has 5 heteroatoms. The number of hydrogen-bond donors (Lipinski definition) is 0. The van der Waals surface area contributed by atoms with Gasteiger partial charge >= 0.3 is 0 Å². The highest BCUT2D eigenvalue weighted by atomic mass is 19.2. The lowest BCUT2D eigenvalue weighted by molar-refractivity contribution is 0.0846. The molecule has 0 bridgehead atoms. The van der Waals surface area contributed by atoms with Crippen LogP contribution in [0.1, 0.15) is 31.1 Å². The number of rotatable bonds is 1. The molecule has 0 amide bonds. The molecule has 0 radical (unpaired) electrons. The highest BCUT2D eigenvalue weighted by molar-refractivity contribution is 6.00. The van der Waals surface area contributed by atoms with E-state index in [0.29, 0.717) is 0 Å². The molecule has 0 atom stereocenters. The number of carbonyl (C=O) groups is 1. The summed E-state index contributed by atoms with van der Waals surface area (Å²) in [7, 11) is 0. The van der Waals surface area contributed by atoms with E-state index in [9.17, 15) is 22.4 Å². The number of ketones is 1. The van der Waals surface area contributed by atoms with Crippen molar-refractivity contribution in [1.82, 2.24) is 0 Å². The minimum atomic E-state index is -1.65. The van der Waals surface area contributed by atoms with Gasteiger partial charge in [0.2, 0.25) is 0 Å². The second-order valence-electron chi connectivity index (χ2n) is 4.42. The fourth-order valence-electron chi connectivity index (χ4n) is 1.15. The molecule has 0 aliphatic carbocycles. The lowest BCUT2D eigenvalue weighted by atomic mass is 9.86. The zero-order chi connectivity index (χ0) is 12.7. The van der Waals surface area contributed by atoms with Crippen molar-refractivity contribution in [3.8, 4) is 0 Å². The van der Waals surface area contributed by atoms with E-state index in [1.807, 2.05) is 0 Å². The number of halogens is 4. The van der Waals surface area contributed by atoms with Crippen LogP contribution in [0, 0.1) is 28.7 Å². The van der Waals surface area contributed by atoms with Gasteiger partial charge in [0, 0.05) is 11.5 Å². The minimum absolute atomic E-state index is 0.0735. The van der Waals surface area contributed by atoms with Gasteiger partial charge in [0.1, 0.15) is 0 Å². The van der Waals surface area contributed by atoms with Crippen LogP contribution < -0.4 is 0 Å². The Morgan fingerprint density at radius 3 is 1.69 bits per heavy atom. The Morgan fingerprint density at radius 2 is 1.38 bits per heavy atom. The van der Waals surface area contributed by atoms with E-state index in [1.165, 1.54) is 20.8 Å². The summed E-state index contributed by atoms with van der Waals surface area (Å²) in [6, 6.07) is 0.0735. The predicted octanol–water partition coefficient (Wildman–Crippen LogP) is 3.47. The Labute approximate surface area is 90.1 Å². The molecule has 1 nitrogen and oxygen atoms in total. The Morgan fingerprint density at radius 1 is 1.00 bits per heavy atom. The van der Waals surface area contributed by atoms with Crippen molar-refractivity contribution in [3.63, 3.8) is 0 Å². The normalized spacial score (nSPS) is 11.7. The van der Waals surface area contributed by atoms with Crippen molar-refractivity contribution < 1.29 is 22.4 Å². The van der Waals surface area contributed by atoms with E-state index in [0.717, 1.165) is 0 Å². The van der Waals surface area contributed by atoms with Gasteiger partial charge in [-0.05, 0) is 0 Å². The quantitative estimate of drug-likeness (QED) is 0.413. The molecule has 0 fully saturated rings.